The first-order valence-electron chi connectivity index (χ1n) is 9.27. The fourth-order valence-corrected chi connectivity index (χ4v) is 3.35. The Balaban J connectivity index is 1.47. The molecule has 1 fully saturated rings. The zero-order valence-electron chi connectivity index (χ0n) is 15.4. The molecular formula is C21H22ClN3O2S. The second-order valence-corrected chi connectivity index (χ2v) is 7.49. The molecule has 7 heteroatoms. The maximum Gasteiger partial charge on any atom is 0.343 e. The topological polar surface area (TPSA) is 62.7 Å². The Hall–Kier alpha value is -2.44. The number of nitrogens with zero attached hydrogens (tertiary/aromatic N) is 1. The summed E-state index contributed by atoms with van der Waals surface area (Å²) in [5.74, 6) is 0.0263. The molecule has 28 heavy (non-hydrogen) atoms. The van der Waals surface area contributed by atoms with E-state index in [-0.39, 0.29) is 0 Å². The maximum absolute atomic E-state index is 12.1. The second-order valence-electron chi connectivity index (χ2n) is 6.64. The number of ether oxygens (including phenoxy) is 1. The lowest BCUT2D eigenvalue weighted by Crippen LogP contribution is -2.40. The van der Waals surface area contributed by atoms with Crippen molar-refractivity contribution < 1.29 is 9.53 Å². The number of carbonyl (C=O) groups excluding carboxylic acids is 1. The van der Waals surface area contributed by atoms with Crippen LogP contribution in [0, 0.1) is 0 Å². The van der Waals surface area contributed by atoms with Crippen LogP contribution in [0.15, 0.2) is 53.6 Å². The molecule has 0 aromatic heterocycles. The minimum absolute atomic E-state index is 0.432. The van der Waals surface area contributed by atoms with E-state index in [1.165, 1.54) is 19.3 Å². The molecule has 0 radical (unpaired) electrons. The second kappa shape index (κ2) is 10.2. The average Bonchev–Trinajstić information content (AvgIpc) is 2.70. The van der Waals surface area contributed by atoms with Gasteiger partial charge in [0.15, 0.2) is 5.11 Å². The van der Waals surface area contributed by atoms with Gasteiger partial charge in [-0.2, -0.15) is 5.10 Å². The molecule has 1 saturated carbocycles. The van der Waals surface area contributed by atoms with E-state index in [4.69, 9.17) is 28.6 Å². The van der Waals surface area contributed by atoms with Gasteiger partial charge in [0.1, 0.15) is 5.75 Å². The predicted molar refractivity (Wildman–Crippen MR) is 116 cm³/mol. The highest BCUT2D eigenvalue weighted by molar-refractivity contribution is 7.80. The van der Waals surface area contributed by atoms with Crippen molar-refractivity contribution in [3.63, 3.8) is 0 Å². The van der Waals surface area contributed by atoms with Gasteiger partial charge in [0.25, 0.3) is 0 Å². The van der Waals surface area contributed by atoms with Gasteiger partial charge in [-0.05, 0) is 79.2 Å². The molecule has 146 valence electrons. The molecule has 0 bridgehead atoms. The van der Waals surface area contributed by atoms with Crippen molar-refractivity contribution in [1.29, 1.82) is 0 Å². The molecule has 1 aliphatic carbocycles. The van der Waals surface area contributed by atoms with Crippen molar-refractivity contribution in [2.24, 2.45) is 5.10 Å². The van der Waals surface area contributed by atoms with Gasteiger partial charge >= 0.3 is 5.97 Å². The lowest BCUT2D eigenvalue weighted by Gasteiger charge is -2.23. The fraction of sp³-hybridized carbons (Fsp3) is 0.286. The molecule has 2 N–H and O–H groups in total. The van der Waals surface area contributed by atoms with Crippen LogP contribution in [0.4, 0.5) is 0 Å². The number of esters is 1. The Morgan fingerprint density at radius 2 is 1.75 bits per heavy atom. The first-order chi connectivity index (χ1) is 13.6. The third kappa shape index (κ3) is 6.32. The summed E-state index contributed by atoms with van der Waals surface area (Å²) < 4.78 is 5.35. The SMILES string of the molecule is O=C(Oc1ccc(/C=N\NC(=S)NC2CCCCC2)cc1)c1ccc(Cl)cc1. The molecule has 0 atom stereocenters. The van der Waals surface area contributed by atoms with Crippen molar-refractivity contribution in [3.8, 4) is 5.75 Å². The molecule has 0 unspecified atom stereocenters. The highest BCUT2D eigenvalue weighted by Crippen LogP contribution is 2.17. The molecule has 3 rings (SSSR count). The molecule has 0 aliphatic heterocycles. The number of nitrogens with one attached hydrogen (secondary N) is 2. The standard InChI is InChI=1S/C21H22ClN3O2S/c22-17-10-8-16(9-11-17)20(26)27-19-12-6-15(7-13-19)14-23-25-21(28)24-18-4-2-1-3-5-18/h6-14,18H,1-5H2,(H2,24,25,28)/b23-14-. The quantitative estimate of drug-likeness (QED) is 0.244. The summed E-state index contributed by atoms with van der Waals surface area (Å²) in [5, 5.41) is 8.56. The largest absolute Gasteiger partial charge is 0.423 e. The smallest absolute Gasteiger partial charge is 0.343 e. The van der Waals surface area contributed by atoms with Crippen molar-refractivity contribution >= 4 is 41.1 Å². The number of rotatable bonds is 5. The zero-order valence-corrected chi connectivity index (χ0v) is 16.9. The summed E-state index contributed by atoms with van der Waals surface area (Å²) in [4.78, 5) is 12.1. The summed E-state index contributed by atoms with van der Waals surface area (Å²) in [6.07, 6.45) is 7.78. The first-order valence-corrected chi connectivity index (χ1v) is 10.1. The Morgan fingerprint density at radius 1 is 1.07 bits per heavy atom. The molecule has 1 aliphatic rings. The monoisotopic (exact) mass is 415 g/mol. The highest BCUT2D eigenvalue weighted by Gasteiger charge is 2.13. The molecule has 0 heterocycles. The van der Waals surface area contributed by atoms with Crippen LogP contribution < -0.4 is 15.5 Å². The Bertz CT molecular complexity index is 832. The van der Waals surface area contributed by atoms with E-state index in [2.05, 4.69) is 15.8 Å². The Kier molecular flexibility index (Phi) is 7.39. The number of carbonyl (C=O) groups is 1. The van der Waals surface area contributed by atoms with Gasteiger partial charge in [-0.1, -0.05) is 30.9 Å². The summed E-state index contributed by atoms with van der Waals surface area (Å²) in [5.41, 5.74) is 4.15. The van der Waals surface area contributed by atoms with Crippen molar-refractivity contribution in [3.05, 3.63) is 64.7 Å². The van der Waals surface area contributed by atoms with Gasteiger partial charge in [0, 0.05) is 11.1 Å². The van der Waals surface area contributed by atoms with E-state index in [1.807, 2.05) is 12.1 Å². The lowest BCUT2D eigenvalue weighted by molar-refractivity contribution is 0.0735. The van der Waals surface area contributed by atoms with Crippen LogP contribution in [0.5, 0.6) is 5.75 Å². The van der Waals surface area contributed by atoms with Crippen molar-refractivity contribution in [1.82, 2.24) is 10.7 Å². The molecule has 2 aromatic carbocycles. The van der Waals surface area contributed by atoms with Crippen molar-refractivity contribution in [2.45, 2.75) is 38.1 Å². The predicted octanol–water partition coefficient (Wildman–Crippen LogP) is 4.69. The van der Waals surface area contributed by atoms with E-state index in [1.54, 1.807) is 42.6 Å². The maximum atomic E-state index is 12.1. The number of hydrazone groups is 1. The average molecular weight is 416 g/mol. The highest BCUT2D eigenvalue weighted by atomic mass is 35.5. The van der Waals surface area contributed by atoms with Crippen LogP contribution in [-0.2, 0) is 0 Å². The number of benzene rings is 2. The third-order valence-corrected chi connectivity index (χ3v) is 4.95. The van der Waals surface area contributed by atoms with E-state index >= 15 is 0 Å². The van der Waals surface area contributed by atoms with Gasteiger partial charge in [-0.25, -0.2) is 4.79 Å². The van der Waals surface area contributed by atoms with Crippen LogP contribution in [0.1, 0.15) is 48.0 Å². The summed E-state index contributed by atoms with van der Waals surface area (Å²) in [7, 11) is 0. The molecule has 2 aromatic rings. The lowest BCUT2D eigenvalue weighted by atomic mass is 9.96. The van der Waals surface area contributed by atoms with Gasteiger partial charge in [0.05, 0.1) is 11.8 Å². The summed E-state index contributed by atoms with van der Waals surface area (Å²) >= 11 is 11.1. The number of hydrogen-bond acceptors (Lipinski definition) is 4. The van der Waals surface area contributed by atoms with Crippen LogP contribution >= 0.6 is 23.8 Å². The normalized spacial score (nSPS) is 14.6. The van der Waals surface area contributed by atoms with Gasteiger partial charge in [-0.15, -0.1) is 0 Å². The van der Waals surface area contributed by atoms with Gasteiger partial charge < -0.3 is 10.1 Å². The number of halogens is 1. The molecular weight excluding hydrogens is 394 g/mol. The van der Waals surface area contributed by atoms with Gasteiger partial charge in [-0.3, -0.25) is 5.43 Å². The number of hydrogen-bond donors (Lipinski definition) is 2. The van der Waals surface area contributed by atoms with Gasteiger partial charge in [0.2, 0.25) is 0 Å². The molecule has 0 amide bonds. The minimum Gasteiger partial charge on any atom is -0.423 e. The van der Waals surface area contributed by atoms with Crippen LogP contribution in [0.25, 0.3) is 0 Å². The molecule has 0 spiro atoms. The van der Waals surface area contributed by atoms with E-state index in [0.29, 0.717) is 27.5 Å². The minimum atomic E-state index is -0.432. The zero-order chi connectivity index (χ0) is 19.8. The van der Waals surface area contributed by atoms with E-state index < -0.39 is 5.97 Å². The van der Waals surface area contributed by atoms with Crippen LogP contribution in [0.3, 0.4) is 0 Å². The van der Waals surface area contributed by atoms with Crippen molar-refractivity contribution in [2.75, 3.05) is 0 Å². The number of thiocarbonyl (C=S) groups is 1. The Labute approximate surface area is 175 Å². The summed E-state index contributed by atoms with van der Waals surface area (Å²) in [6.45, 7) is 0. The Morgan fingerprint density at radius 3 is 2.43 bits per heavy atom. The fourth-order valence-electron chi connectivity index (χ4n) is 3.00. The van der Waals surface area contributed by atoms with E-state index in [9.17, 15) is 4.79 Å². The molecule has 0 saturated heterocycles. The first kappa shape index (κ1) is 20.3. The molecule has 5 nitrogen and oxygen atoms in total. The van der Waals surface area contributed by atoms with Crippen LogP contribution in [0.2, 0.25) is 5.02 Å². The summed E-state index contributed by atoms with van der Waals surface area (Å²) in [6, 6.07) is 14.1. The third-order valence-electron chi connectivity index (χ3n) is 4.49. The van der Waals surface area contributed by atoms with E-state index in [0.717, 1.165) is 18.4 Å². The van der Waals surface area contributed by atoms with Crippen LogP contribution in [-0.4, -0.2) is 23.3 Å².